The van der Waals surface area contributed by atoms with Crippen molar-refractivity contribution in [2.75, 3.05) is 38.5 Å². The molecule has 4 amide bonds. The van der Waals surface area contributed by atoms with Crippen molar-refractivity contribution in [1.29, 1.82) is 0 Å². The molecule has 0 radical (unpaired) electrons. The van der Waals surface area contributed by atoms with Gasteiger partial charge in [0.2, 0.25) is 17.8 Å². The number of carbonyl (C=O) groups is 3. The summed E-state index contributed by atoms with van der Waals surface area (Å²) in [5, 5.41) is 9.23. The van der Waals surface area contributed by atoms with E-state index in [-0.39, 0.29) is 24.3 Å². The Morgan fingerprint density at radius 3 is 2.65 bits per heavy atom. The van der Waals surface area contributed by atoms with Crippen LogP contribution >= 0.6 is 0 Å². The van der Waals surface area contributed by atoms with E-state index in [0.717, 1.165) is 55.5 Å². The Labute approximate surface area is 198 Å². The summed E-state index contributed by atoms with van der Waals surface area (Å²) in [7, 11) is 1.51. The fourth-order valence-corrected chi connectivity index (χ4v) is 4.40. The first-order chi connectivity index (χ1) is 16.4. The van der Waals surface area contributed by atoms with Crippen LogP contribution in [0.4, 0.5) is 10.5 Å². The molecule has 4 rings (SSSR count). The van der Waals surface area contributed by atoms with Crippen LogP contribution in [0.2, 0.25) is 0 Å². The van der Waals surface area contributed by atoms with Crippen LogP contribution in [0.15, 0.2) is 33.7 Å². The van der Waals surface area contributed by atoms with Crippen LogP contribution < -0.4 is 16.0 Å². The summed E-state index contributed by atoms with van der Waals surface area (Å²) < 4.78 is 5.62. The van der Waals surface area contributed by atoms with Crippen molar-refractivity contribution in [3.8, 4) is 0 Å². The van der Waals surface area contributed by atoms with E-state index in [1.54, 1.807) is 4.90 Å². The number of benzene rings is 1. The Bertz CT molecular complexity index is 1090. The molecule has 10 heteroatoms. The minimum atomic E-state index is -0.687. The number of furan rings is 1. The van der Waals surface area contributed by atoms with Crippen LogP contribution in [-0.2, 0) is 9.59 Å². The lowest BCUT2D eigenvalue weighted by Crippen LogP contribution is -2.46. The van der Waals surface area contributed by atoms with Gasteiger partial charge in [-0.1, -0.05) is 0 Å². The number of amides is 4. The van der Waals surface area contributed by atoms with E-state index >= 15 is 0 Å². The minimum Gasteiger partial charge on any atom is -0.461 e. The predicted molar refractivity (Wildman–Crippen MR) is 130 cm³/mol. The third-order valence-corrected chi connectivity index (χ3v) is 6.18. The summed E-state index contributed by atoms with van der Waals surface area (Å²) in [4.78, 5) is 46.0. The molecule has 2 saturated heterocycles. The van der Waals surface area contributed by atoms with Crippen LogP contribution in [0.5, 0.6) is 0 Å². The van der Waals surface area contributed by atoms with Gasteiger partial charge in [-0.3, -0.25) is 14.9 Å². The zero-order valence-corrected chi connectivity index (χ0v) is 19.7. The topological polar surface area (TPSA) is 119 Å². The Balaban J connectivity index is 1.53. The number of likely N-dealkylation sites (tertiary alicyclic amines) is 2. The molecule has 3 N–H and O–H groups in total. The Hall–Kier alpha value is -3.56. The van der Waals surface area contributed by atoms with Gasteiger partial charge in [0.15, 0.2) is 0 Å². The second-order valence-electron chi connectivity index (χ2n) is 8.78. The van der Waals surface area contributed by atoms with Crippen LogP contribution in [0.25, 0.3) is 11.0 Å². The molecule has 1 aromatic heterocycles. The van der Waals surface area contributed by atoms with Gasteiger partial charge in [-0.15, -0.1) is 0 Å². The molecule has 0 aliphatic carbocycles. The first kappa shape index (κ1) is 23.6. The fourth-order valence-electron chi connectivity index (χ4n) is 4.40. The van der Waals surface area contributed by atoms with Crippen LogP contribution in [-0.4, -0.2) is 72.9 Å². The molecule has 0 spiro atoms. The third kappa shape index (κ3) is 5.67. The quantitative estimate of drug-likeness (QED) is 0.470. The van der Waals surface area contributed by atoms with Crippen LogP contribution in [0.1, 0.15) is 37.9 Å². The highest BCUT2D eigenvalue weighted by Gasteiger charge is 2.30. The second kappa shape index (κ2) is 10.6. The summed E-state index contributed by atoms with van der Waals surface area (Å²) in [6.07, 6.45) is 4.19. The molecule has 1 aromatic carbocycles. The van der Waals surface area contributed by atoms with Crippen molar-refractivity contribution in [2.24, 2.45) is 4.99 Å². The first-order valence-corrected chi connectivity index (χ1v) is 11.8. The fraction of sp³-hybridized carbons (Fsp3) is 0.500. The highest BCUT2D eigenvalue weighted by Crippen LogP contribution is 2.23. The van der Waals surface area contributed by atoms with Crippen molar-refractivity contribution in [3.63, 3.8) is 0 Å². The molecule has 182 valence electrons. The molecule has 3 heterocycles. The number of urea groups is 1. The smallest absolute Gasteiger partial charge is 0.321 e. The number of hydrogen-bond donors (Lipinski definition) is 3. The summed E-state index contributed by atoms with van der Waals surface area (Å²) in [6, 6.07) is 6.34. The van der Waals surface area contributed by atoms with Gasteiger partial charge < -0.3 is 24.9 Å². The molecule has 0 unspecified atom stereocenters. The molecular formula is C24H32N6O4. The van der Waals surface area contributed by atoms with Crippen LogP contribution in [0.3, 0.4) is 0 Å². The predicted octanol–water partition coefficient (Wildman–Crippen LogP) is 2.44. The minimum absolute atomic E-state index is 0.0129. The van der Waals surface area contributed by atoms with E-state index in [0.29, 0.717) is 18.7 Å². The largest absolute Gasteiger partial charge is 0.461 e. The lowest BCUT2D eigenvalue weighted by atomic mass is 10.1. The van der Waals surface area contributed by atoms with Gasteiger partial charge in [-0.25, -0.2) is 9.79 Å². The van der Waals surface area contributed by atoms with Crippen molar-refractivity contribution < 1.29 is 18.8 Å². The molecule has 10 nitrogen and oxygen atoms in total. The maximum Gasteiger partial charge on any atom is 0.321 e. The van der Waals surface area contributed by atoms with Crippen LogP contribution in [0, 0.1) is 6.92 Å². The average Bonchev–Trinajstić information content (AvgIpc) is 3.44. The molecule has 34 heavy (non-hydrogen) atoms. The molecule has 2 aliphatic heterocycles. The number of aryl methyl sites for hydroxylation is 1. The van der Waals surface area contributed by atoms with E-state index < -0.39 is 12.1 Å². The average molecular weight is 469 g/mol. The van der Waals surface area contributed by atoms with Gasteiger partial charge in [0.05, 0.1) is 6.54 Å². The van der Waals surface area contributed by atoms with Gasteiger partial charge in [0.25, 0.3) is 0 Å². The summed E-state index contributed by atoms with van der Waals surface area (Å²) in [5.74, 6) is 0.770. The summed E-state index contributed by atoms with van der Waals surface area (Å²) >= 11 is 0. The molecular weight excluding hydrogens is 436 g/mol. The highest BCUT2D eigenvalue weighted by atomic mass is 16.3. The molecule has 1 atom stereocenters. The highest BCUT2D eigenvalue weighted by molar-refractivity contribution is 6.05. The Kier molecular flexibility index (Phi) is 7.34. The van der Waals surface area contributed by atoms with E-state index in [1.807, 2.05) is 36.1 Å². The normalized spacial score (nSPS) is 19.3. The zero-order valence-electron chi connectivity index (χ0n) is 19.7. The number of aliphatic imine (C=N–C) groups is 1. The molecule has 0 saturated carbocycles. The van der Waals surface area contributed by atoms with Crippen molar-refractivity contribution in [3.05, 3.63) is 30.0 Å². The van der Waals surface area contributed by atoms with Crippen molar-refractivity contribution >= 4 is 40.5 Å². The number of nitrogens with one attached hydrogen (secondary N) is 3. The summed E-state index contributed by atoms with van der Waals surface area (Å²) in [6.45, 7) is 4.00. The lowest BCUT2D eigenvalue weighted by Gasteiger charge is -2.25. The number of hydrogen-bond acceptors (Lipinski definition) is 5. The molecule has 2 aromatic rings. The summed E-state index contributed by atoms with van der Waals surface area (Å²) in [5.41, 5.74) is 1.46. The third-order valence-electron chi connectivity index (χ3n) is 6.18. The standard InChI is InChI=1S/C24H32N6O4/c1-16-13-17-14-18(8-9-20(17)34-16)26-23(28-24(33)25-2)27-19-7-3-4-12-30(22(19)32)15-21(31)29-10-5-6-11-29/h8-9,13-14,19H,3-7,10-12,15H2,1-2H3,(H3,25,26,27,28,33)/t19-/m0/s1. The van der Waals surface area contributed by atoms with Crippen molar-refractivity contribution in [2.45, 2.75) is 45.1 Å². The van der Waals surface area contributed by atoms with Gasteiger partial charge in [-0.05, 0) is 63.3 Å². The second-order valence-corrected chi connectivity index (χ2v) is 8.78. The Morgan fingerprint density at radius 1 is 1.12 bits per heavy atom. The number of guanidine groups is 1. The van der Waals surface area contributed by atoms with E-state index in [1.165, 1.54) is 7.05 Å². The SMILES string of the molecule is CNC(=O)NC(=N[C@H]1CCCCN(CC(=O)N2CCCC2)C1=O)Nc1ccc2oc(C)cc2c1. The first-order valence-electron chi connectivity index (χ1n) is 11.8. The molecule has 2 aliphatic rings. The number of nitrogens with zero attached hydrogens (tertiary/aromatic N) is 3. The van der Waals surface area contributed by atoms with Gasteiger partial charge in [0.1, 0.15) is 17.4 Å². The zero-order chi connectivity index (χ0) is 24.1. The van der Waals surface area contributed by atoms with E-state index in [4.69, 9.17) is 4.42 Å². The van der Waals surface area contributed by atoms with E-state index in [9.17, 15) is 14.4 Å². The number of rotatable bonds is 4. The van der Waals surface area contributed by atoms with Gasteiger partial charge >= 0.3 is 6.03 Å². The van der Waals surface area contributed by atoms with E-state index in [2.05, 4.69) is 20.9 Å². The van der Waals surface area contributed by atoms with Crippen molar-refractivity contribution in [1.82, 2.24) is 20.4 Å². The van der Waals surface area contributed by atoms with Gasteiger partial charge in [0, 0.05) is 37.8 Å². The number of carbonyl (C=O) groups excluding carboxylic acids is 3. The Morgan fingerprint density at radius 2 is 1.88 bits per heavy atom. The number of fused-ring (bicyclic) bond motifs is 1. The maximum absolute atomic E-state index is 13.3. The lowest BCUT2D eigenvalue weighted by molar-refractivity contribution is -0.140. The number of anilines is 1. The molecule has 2 fully saturated rings. The maximum atomic E-state index is 13.3. The monoisotopic (exact) mass is 468 g/mol. The molecule has 0 bridgehead atoms. The van der Waals surface area contributed by atoms with Gasteiger partial charge in [-0.2, -0.15) is 0 Å².